The van der Waals surface area contributed by atoms with Crippen molar-refractivity contribution in [1.29, 1.82) is 0 Å². The first-order valence-corrected chi connectivity index (χ1v) is 11.5. The van der Waals surface area contributed by atoms with Gasteiger partial charge in [0.15, 0.2) is 5.82 Å². The Bertz CT molecular complexity index is 1370. The number of nitrogens with one attached hydrogen (secondary N) is 3. The summed E-state index contributed by atoms with van der Waals surface area (Å²) in [5.74, 6) is 1.08. The minimum atomic E-state index is -0.129. The smallest absolute Gasteiger partial charge is 0.255 e. The molecular formula is C24H25N7O3. The van der Waals surface area contributed by atoms with Gasteiger partial charge in [0.1, 0.15) is 17.9 Å². The molecule has 0 unspecified atom stereocenters. The normalized spacial score (nSPS) is 17.6. The van der Waals surface area contributed by atoms with Crippen molar-refractivity contribution in [2.24, 2.45) is 7.05 Å². The quantitative estimate of drug-likeness (QED) is 0.406. The van der Waals surface area contributed by atoms with Crippen LogP contribution in [0, 0.1) is 0 Å². The molecule has 6 heterocycles. The highest BCUT2D eigenvalue weighted by Crippen LogP contribution is 2.40. The summed E-state index contributed by atoms with van der Waals surface area (Å²) in [6.45, 7) is 1.81. The van der Waals surface area contributed by atoms with Crippen molar-refractivity contribution in [1.82, 2.24) is 30.0 Å². The topological polar surface area (TPSA) is 119 Å². The molecule has 10 nitrogen and oxygen atoms in total. The standard InChI is InChI=1S/C24H25N7O3/c1-31-17-5-2-8-26-21(17)23(30-31)29-22-19-16(7-10-27-24(19)32)28-20(22)15-6-9-25-12-18(15)34-13-14-4-3-11-33-14/h2,5-6,8-9,12,14,28H,3-4,7,10-11,13H2,1H3,(H,27,32)(H,29,30)/t14-/m1/s1. The van der Waals surface area contributed by atoms with Crippen LogP contribution in [0.1, 0.15) is 28.9 Å². The van der Waals surface area contributed by atoms with Crippen LogP contribution >= 0.6 is 0 Å². The molecule has 0 spiro atoms. The molecule has 10 heteroatoms. The van der Waals surface area contributed by atoms with Crippen LogP contribution in [-0.4, -0.2) is 56.5 Å². The molecule has 6 rings (SSSR count). The summed E-state index contributed by atoms with van der Waals surface area (Å²) >= 11 is 0. The van der Waals surface area contributed by atoms with E-state index in [2.05, 4.69) is 30.7 Å². The zero-order chi connectivity index (χ0) is 23.1. The maximum Gasteiger partial charge on any atom is 0.255 e. The summed E-state index contributed by atoms with van der Waals surface area (Å²) in [4.78, 5) is 25.2. The number of carbonyl (C=O) groups is 1. The molecule has 0 aromatic carbocycles. The van der Waals surface area contributed by atoms with Crippen molar-refractivity contribution in [3.63, 3.8) is 0 Å². The minimum absolute atomic E-state index is 0.0826. The average molecular weight is 460 g/mol. The summed E-state index contributed by atoms with van der Waals surface area (Å²) in [5, 5.41) is 11.0. The van der Waals surface area contributed by atoms with Gasteiger partial charge in [-0.25, -0.2) is 0 Å². The molecule has 1 atom stereocenters. The third kappa shape index (κ3) is 3.56. The lowest BCUT2D eigenvalue weighted by molar-refractivity contribution is 0.0680. The van der Waals surface area contributed by atoms with E-state index in [0.717, 1.165) is 47.4 Å². The number of rotatable bonds is 6. The molecule has 2 aliphatic rings. The third-order valence-corrected chi connectivity index (χ3v) is 6.32. The zero-order valence-electron chi connectivity index (χ0n) is 18.8. The Morgan fingerprint density at radius 3 is 3.15 bits per heavy atom. The fourth-order valence-corrected chi connectivity index (χ4v) is 4.66. The molecule has 34 heavy (non-hydrogen) atoms. The number of amides is 1. The van der Waals surface area contributed by atoms with E-state index in [1.165, 1.54) is 0 Å². The largest absolute Gasteiger partial charge is 0.489 e. The summed E-state index contributed by atoms with van der Waals surface area (Å²) in [6.07, 6.45) is 7.97. The second-order valence-electron chi connectivity index (χ2n) is 8.52. The molecule has 174 valence electrons. The van der Waals surface area contributed by atoms with E-state index in [-0.39, 0.29) is 12.0 Å². The van der Waals surface area contributed by atoms with Crippen LogP contribution in [0.15, 0.2) is 36.8 Å². The average Bonchev–Trinajstić information content (AvgIpc) is 3.58. The Labute approximate surface area is 195 Å². The Balaban J connectivity index is 1.44. The highest BCUT2D eigenvalue weighted by Gasteiger charge is 2.29. The molecule has 0 saturated carbocycles. The Hall–Kier alpha value is -3.92. The van der Waals surface area contributed by atoms with Crippen molar-refractivity contribution in [3.8, 4) is 17.0 Å². The van der Waals surface area contributed by atoms with Gasteiger partial charge in [0, 0.05) is 50.3 Å². The van der Waals surface area contributed by atoms with Gasteiger partial charge >= 0.3 is 0 Å². The maximum atomic E-state index is 12.9. The van der Waals surface area contributed by atoms with Crippen molar-refractivity contribution < 1.29 is 14.3 Å². The van der Waals surface area contributed by atoms with Crippen LogP contribution in [0.5, 0.6) is 5.75 Å². The molecule has 0 aliphatic carbocycles. The number of aromatic amines is 1. The van der Waals surface area contributed by atoms with Gasteiger partial charge in [0.2, 0.25) is 0 Å². The minimum Gasteiger partial charge on any atom is -0.489 e. The predicted molar refractivity (Wildman–Crippen MR) is 126 cm³/mol. The van der Waals surface area contributed by atoms with Crippen molar-refractivity contribution >= 4 is 28.4 Å². The number of fused-ring (bicyclic) bond motifs is 2. The molecular weight excluding hydrogens is 434 g/mol. The number of carbonyl (C=O) groups excluding carboxylic acids is 1. The van der Waals surface area contributed by atoms with E-state index in [9.17, 15) is 4.79 Å². The molecule has 1 saturated heterocycles. The first kappa shape index (κ1) is 20.7. The predicted octanol–water partition coefficient (Wildman–Crippen LogP) is 2.95. The number of nitrogens with zero attached hydrogens (tertiary/aromatic N) is 4. The maximum absolute atomic E-state index is 12.9. The van der Waals surface area contributed by atoms with Gasteiger partial charge in [-0.2, -0.15) is 5.10 Å². The molecule has 1 fully saturated rings. The summed E-state index contributed by atoms with van der Waals surface area (Å²) < 4.78 is 13.6. The first-order chi connectivity index (χ1) is 16.7. The van der Waals surface area contributed by atoms with E-state index < -0.39 is 0 Å². The third-order valence-electron chi connectivity index (χ3n) is 6.32. The number of aryl methyl sites for hydroxylation is 1. The molecule has 4 aromatic rings. The van der Waals surface area contributed by atoms with Gasteiger partial charge in [0.05, 0.1) is 34.8 Å². The van der Waals surface area contributed by atoms with Crippen LogP contribution in [0.4, 0.5) is 11.5 Å². The number of hydrogen-bond acceptors (Lipinski definition) is 7. The van der Waals surface area contributed by atoms with Gasteiger partial charge in [-0.15, -0.1) is 0 Å². The molecule has 0 radical (unpaired) electrons. The first-order valence-electron chi connectivity index (χ1n) is 11.5. The molecule has 1 amide bonds. The molecule has 4 aromatic heterocycles. The van der Waals surface area contributed by atoms with E-state index in [1.54, 1.807) is 23.3 Å². The monoisotopic (exact) mass is 459 g/mol. The summed E-state index contributed by atoms with van der Waals surface area (Å²) in [7, 11) is 1.87. The lowest BCUT2D eigenvalue weighted by atomic mass is 10.1. The SMILES string of the molecule is Cn1nc(Nc2c(-c3ccncc3OC[C@H]3CCCO3)[nH]c3c2C(=O)NCC3)c2ncccc21. The van der Waals surface area contributed by atoms with E-state index in [1.807, 2.05) is 25.2 Å². The second-order valence-corrected chi connectivity index (χ2v) is 8.52. The Kier molecular flexibility index (Phi) is 5.14. The zero-order valence-corrected chi connectivity index (χ0v) is 18.8. The molecule has 3 N–H and O–H groups in total. The van der Waals surface area contributed by atoms with Crippen molar-refractivity contribution in [3.05, 3.63) is 48.0 Å². The fraction of sp³-hybridized carbons (Fsp3) is 0.333. The number of pyridine rings is 2. The lowest BCUT2D eigenvalue weighted by Crippen LogP contribution is -2.31. The van der Waals surface area contributed by atoms with Crippen LogP contribution in [-0.2, 0) is 18.2 Å². The number of ether oxygens (including phenoxy) is 2. The Morgan fingerprint density at radius 1 is 1.32 bits per heavy atom. The molecule has 2 aliphatic heterocycles. The van der Waals surface area contributed by atoms with E-state index in [4.69, 9.17) is 9.47 Å². The van der Waals surface area contributed by atoms with Crippen LogP contribution in [0.3, 0.4) is 0 Å². The Morgan fingerprint density at radius 2 is 2.26 bits per heavy atom. The highest BCUT2D eigenvalue weighted by molar-refractivity contribution is 6.07. The van der Waals surface area contributed by atoms with Crippen LogP contribution in [0.25, 0.3) is 22.3 Å². The van der Waals surface area contributed by atoms with Gasteiger partial charge in [-0.1, -0.05) is 0 Å². The van der Waals surface area contributed by atoms with Gasteiger partial charge in [-0.3, -0.25) is 19.4 Å². The van der Waals surface area contributed by atoms with E-state index in [0.29, 0.717) is 42.4 Å². The summed E-state index contributed by atoms with van der Waals surface area (Å²) in [5.41, 5.74) is 5.28. The van der Waals surface area contributed by atoms with Crippen LogP contribution < -0.4 is 15.4 Å². The number of anilines is 2. The highest BCUT2D eigenvalue weighted by atomic mass is 16.5. The lowest BCUT2D eigenvalue weighted by Gasteiger charge is -2.16. The fourth-order valence-electron chi connectivity index (χ4n) is 4.66. The van der Waals surface area contributed by atoms with Gasteiger partial charge < -0.3 is 25.1 Å². The number of H-pyrrole nitrogens is 1. The van der Waals surface area contributed by atoms with Gasteiger partial charge in [-0.05, 0) is 31.0 Å². The number of aromatic nitrogens is 5. The molecule has 0 bridgehead atoms. The second kappa shape index (κ2) is 8.45. The van der Waals surface area contributed by atoms with Crippen LogP contribution in [0.2, 0.25) is 0 Å². The van der Waals surface area contributed by atoms with Gasteiger partial charge in [0.25, 0.3) is 5.91 Å². The number of hydrogen-bond donors (Lipinski definition) is 3. The van der Waals surface area contributed by atoms with E-state index >= 15 is 0 Å². The van der Waals surface area contributed by atoms with Crippen molar-refractivity contribution in [2.45, 2.75) is 25.4 Å². The summed E-state index contributed by atoms with van der Waals surface area (Å²) in [6, 6.07) is 5.72. The van der Waals surface area contributed by atoms with Crippen molar-refractivity contribution in [2.75, 3.05) is 25.1 Å².